The van der Waals surface area contributed by atoms with Gasteiger partial charge < -0.3 is 15.0 Å². The van der Waals surface area contributed by atoms with Crippen molar-refractivity contribution in [3.8, 4) is 5.75 Å². The number of aromatic amines is 1. The largest absolute Gasteiger partial charge is 0.497 e. The molecule has 0 spiro atoms. The molecule has 1 aliphatic heterocycles. The number of fused-ring (bicyclic) bond motifs is 1. The third-order valence-electron chi connectivity index (χ3n) is 6.24. The molecule has 1 aliphatic rings. The summed E-state index contributed by atoms with van der Waals surface area (Å²) in [5.74, 6) is 0.764. The van der Waals surface area contributed by atoms with Gasteiger partial charge in [-0.2, -0.15) is 0 Å². The number of nitrogens with one attached hydrogen (secondary N) is 2. The molecule has 3 aromatic carbocycles. The second kappa shape index (κ2) is 9.09. The Morgan fingerprint density at radius 3 is 2.47 bits per heavy atom. The molecule has 172 valence electrons. The molecule has 0 bridgehead atoms. The maximum atomic E-state index is 13.7. The Balaban J connectivity index is 1.57. The maximum Gasteiger partial charge on any atom is 0.325 e. The van der Waals surface area contributed by atoms with Crippen LogP contribution >= 0.6 is 22.6 Å². The van der Waals surface area contributed by atoms with Crippen molar-refractivity contribution < 1.29 is 14.3 Å². The number of hydrogen-bond acceptors (Lipinski definition) is 4. The summed E-state index contributed by atoms with van der Waals surface area (Å²) in [6.45, 7) is 2.01. The van der Waals surface area contributed by atoms with Crippen LogP contribution in [-0.2, 0) is 4.79 Å². The summed E-state index contributed by atoms with van der Waals surface area (Å²) in [6, 6.07) is 21.1. The van der Waals surface area contributed by atoms with Crippen LogP contribution in [0.1, 0.15) is 41.9 Å². The van der Waals surface area contributed by atoms with Crippen molar-refractivity contribution in [1.82, 2.24) is 20.2 Å². The fraction of sp³-hybridized carbons (Fsp3) is 0.192. The van der Waals surface area contributed by atoms with E-state index in [1.165, 1.54) is 4.90 Å². The van der Waals surface area contributed by atoms with E-state index in [0.29, 0.717) is 17.1 Å². The number of hydrogen-bond donors (Lipinski definition) is 2. The number of rotatable bonds is 6. The number of halogens is 1. The van der Waals surface area contributed by atoms with Gasteiger partial charge in [-0.15, -0.1) is 0 Å². The van der Waals surface area contributed by atoms with E-state index < -0.39 is 18.1 Å². The van der Waals surface area contributed by atoms with Gasteiger partial charge in [-0.25, -0.2) is 9.78 Å². The third kappa shape index (κ3) is 4.02. The van der Waals surface area contributed by atoms with Crippen molar-refractivity contribution in [2.75, 3.05) is 7.11 Å². The predicted octanol–water partition coefficient (Wildman–Crippen LogP) is 5.31. The number of amides is 3. The Hall–Kier alpha value is -3.40. The van der Waals surface area contributed by atoms with Crippen LogP contribution in [0.25, 0.3) is 11.0 Å². The third-order valence-corrected chi connectivity index (χ3v) is 6.91. The van der Waals surface area contributed by atoms with Crippen molar-refractivity contribution in [2.45, 2.75) is 24.9 Å². The molecule has 0 aliphatic carbocycles. The SMILES string of the molecule is COc1ccc([C@H]2NC(=O)N([C@H](c3nc4ccc(I)cc4[nH]3)[C@@H](C)c3ccccc3)C2=O)cc1. The van der Waals surface area contributed by atoms with Gasteiger partial charge in [0.1, 0.15) is 23.7 Å². The number of imide groups is 1. The van der Waals surface area contributed by atoms with Gasteiger partial charge in [-0.3, -0.25) is 9.69 Å². The zero-order valence-corrected chi connectivity index (χ0v) is 20.8. The normalized spacial score (nSPS) is 17.6. The van der Waals surface area contributed by atoms with Crippen LogP contribution in [-0.4, -0.2) is 33.9 Å². The molecule has 3 amide bonds. The molecule has 3 atom stereocenters. The number of ether oxygens (including phenoxy) is 1. The number of urea groups is 1. The highest BCUT2D eigenvalue weighted by Crippen LogP contribution is 2.39. The average molecular weight is 566 g/mol. The minimum atomic E-state index is -0.769. The van der Waals surface area contributed by atoms with Gasteiger partial charge in [0, 0.05) is 9.49 Å². The molecule has 0 radical (unpaired) electrons. The van der Waals surface area contributed by atoms with E-state index in [-0.39, 0.29) is 11.8 Å². The maximum absolute atomic E-state index is 13.7. The molecule has 7 nitrogen and oxygen atoms in total. The van der Waals surface area contributed by atoms with Gasteiger partial charge in [0.15, 0.2) is 0 Å². The summed E-state index contributed by atoms with van der Waals surface area (Å²) < 4.78 is 6.29. The summed E-state index contributed by atoms with van der Waals surface area (Å²) in [7, 11) is 1.59. The highest BCUT2D eigenvalue weighted by Gasteiger charge is 2.46. The van der Waals surface area contributed by atoms with Crippen molar-refractivity contribution in [3.63, 3.8) is 0 Å². The van der Waals surface area contributed by atoms with E-state index in [1.54, 1.807) is 31.4 Å². The summed E-state index contributed by atoms with van der Waals surface area (Å²) in [5.41, 5.74) is 3.37. The van der Waals surface area contributed by atoms with E-state index in [1.807, 2.05) is 55.5 Å². The smallest absolute Gasteiger partial charge is 0.325 e. The number of methoxy groups -OCH3 is 1. The monoisotopic (exact) mass is 566 g/mol. The van der Waals surface area contributed by atoms with Crippen molar-refractivity contribution in [2.24, 2.45) is 0 Å². The van der Waals surface area contributed by atoms with Crippen LogP contribution in [0.3, 0.4) is 0 Å². The van der Waals surface area contributed by atoms with Crippen molar-refractivity contribution >= 4 is 45.6 Å². The van der Waals surface area contributed by atoms with Crippen LogP contribution in [0, 0.1) is 3.57 Å². The summed E-state index contributed by atoms with van der Waals surface area (Å²) in [6.07, 6.45) is 0. The van der Waals surface area contributed by atoms with Crippen molar-refractivity contribution in [1.29, 1.82) is 0 Å². The Morgan fingerprint density at radius 1 is 1.03 bits per heavy atom. The molecule has 1 aromatic heterocycles. The highest BCUT2D eigenvalue weighted by atomic mass is 127. The Labute approximate surface area is 210 Å². The minimum absolute atomic E-state index is 0.190. The molecule has 4 aromatic rings. The summed E-state index contributed by atoms with van der Waals surface area (Å²) >= 11 is 2.25. The first-order chi connectivity index (χ1) is 16.5. The summed E-state index contributed by atoms with van der Waals surface area (Å²) in [5, 5.41) is 2.86. The molecular formula is C26H23IN4O3. The molecule has 2 N–H and O–H groups in total. The summed E-state index contributed by atoms with van der Waals surface area (Å²) in [4.78, 5) is 36.4. The lowest BCUT2D eigenvalue weighted by atomic mass is 9.91. The molecule has 8 heteroatoms. The first-order valence-corrected chi connectivity index (χ1v) is 12.0. The fourth-order valence-electron chi connectivity index (χ4n) is 4.44. The quantitative estimate of drug-likeness (QED) is 0.245. The number of nitrogens with zero attached hydrogens (tertiary/aromatic N) is 2. The zero-order valence-electron chi connectivity index (χ0n) is 18.7. The van der Waals surface area contributed by atoms with Crippen molar-refractivity contribution in [3.05, 3.63) is 93.3 Å². The average Bonchev–Trinajstić information content (AvgIpc) is 3.40. The second-order valence-corrected chi connectivity index (χ2v) is 9.54. The van der Waals surface area contributed by atoms with E-state index in [9.17, 15) is 9.59 Å². The minimum Gasteiger partial charge on any atom is -0.497 e. The fourth-order valence-corrected chi connectivity index (χ4v) is 4.93. The lowest BCUT2D eigenvalue weighted by molar-refractivity contribution is -0.129. The number of aromatic nitrogens is 2. The number of benzene rings is 3. The van der Waals surface area contributed by atoms with Gasteiger partial charge in [0.2, 0.25) is 0 Å². The molecule has 1 saturated heterocycles. The second-order valence-electron chi connectivity index (χ2n) is 8.29. The van der Waals surface area contributed by atoms with Gasteiger partial charge in [0.05, 0.1) is 18.1 Å². The molecule has 5 rings (SSSR count). The van der Waals surface area contributed by atoms with Crippen LogP contribution in [0.2, 0.25) is 0 Å². The van der Waals surface area contributed by atoms with Crippen LogP contribution in [0.15, 0.2) is 72.8 Å². The molecule has 2 heterocycles. The molecule has 0 unspecified atom stereocenters. The lowest BCUT2D eigenvalue weighted by Gasteiger charge is -2.29. The molecule has 34 heavy (non-hydrogen) atoms. The van der Waals surface area contributed by atoms with Crippen LogP contribution in [0.4, 0.5) is 4.79 Å². The standard InChI is InChI=1S/C26H23IN4O3/c1-15(16-6-4-3-5-7-16)23(24-28-20-13-10-18(27)14-21(20)29-24)31-25(32)22(30-26(31)33)17-8-11-19(34-2)12-9-17/h3-15,22-23H,1-2H3,(H,28,29)(H,30,33)/t15-,22+,23-/m0/s1. The van der Waals surface area contributed by atoms with E-state index in [4.69, 9.17) is 9.72 Å². The zero-order chi connectivity index (χ0) is 23.8. The van der Waals surface area contributed by atoms with E-state index in [2.05, 4.69) is 32.9 Å². The van der Waals surface area contributed by atoms with E-state index in [0.717, 1.165) is 20.2 Å². The molecule has 0 saturated carbocycles. The van der Waals surface area contributed by atoms with Gasteiger partial charge in [-0.1, -0.05) is 49.4 Å². The number of H-pyrrole nitrogens is 1. The van der Waals surface area contributed by atoms with Gasteiger partial charge in [-0.05, 0) is 64.0 Å². The number of carbonyl (C=O) groups excluding carboxylic acids is 2. The molecular weight excluding hydrogens is 543 g/mol. The first-order valence-electron chi connectivity index (χ1n) is 10.9. The Kier molecular flexibility index (Phi) is 5.99. The predicted molar refractivity (Wildman–Crippen MR) is 138 cm³/mol. The Morgan fingerprint density at radius 2 is 1.76 bits per heavy atom. The van der Waals surface area contributed by atoms with Gasteiger partial charge in [0.25, 0.3) is 5.91 Å². The van der Waals surface area contributed by atoms with E-state index >= 15 is 0 Å². The van der Waals surface area contributed by atoms with Gasteiger partial charge >= 0.3 is 6.03 Å². The molecule has 1 fully saturated rings. The first kappa shape index (κ1) is 22.4. The number of carbonyl (C=O) groups is 2. The van der Waals surface area contributed by atoms with Crippen LogP contribution < -0.4 is 10.1 Å². The Bertz CT molecular complexity index is 1350. The lowest BCUT2D eigenvalue weighted by Crippen LogP contribution is -2.38. The number of imidazole rings is 1. The highest BCUT2D eigenvalue weighted by molar-refractivity contribution is 14.1. The topological polar surface area (TPSA) is 87.3 Å². The van der Waals surface area contributed by atoms with Crippen LogP contribution in [0.5, 0.6) is 5.75 Å².